The Kier molecular flexibility index (Phi) is 7.88. The fraction of sp³-hybridized carbons (Fsp3) is 0.233. The van der Waals surface area contributed by atoms with Crippen LogP contribution in [0, 0.1) is 0 Å². The summed E-state index contributed by atoms with van der Waals surface area (Å²) < 4.78 is 0. The molecule has 1 fully saturated rings. The van der Waals surface area contributed by atoms with Crippen molar-refractivity contribution < 1.29 is 4.79 Å². The molecule has 0 unspecified atom stereocenters. The predicted molar refractivity (Wildman–Crippen MR) is 144 cm³/mol. The number of nitrogens with zero attached hydrogens (tertiary/aromatic N) is 4. The number of amides is 1. The maximum Gasteiger partial charge on any atom is 0.253 e. The van der Waals surface area contributed by atoms with Gasteiger partial charge < -0.3 is 9.80 Å². The zero-order chi connectivity index (χ0) is 24.6. The van der Waals surface area contributed by atoms with Crippen molar-refractivity contribution >= 4 is 17.2 Å². The average Bonchev–Trinajstić information content (AvgIpc) is 2.94. The molecule has 2 aromatic heterocycles. The van der Waals surface area contributed by atoms with Gasteiger partial charge in [-0.05, 0) is 60.9 Å². The minimum Gasteiger partial charge on any atom is -0.368 e. The molecule has 1 aromatic carbocycles. The van der Waals surface area contributed by atoms with Crippen LogP contribution >= 0.6 is 0 Å². The summed E-state index contributed by atoms with van der Waals surface area (Å²) >= 11 is 0. The van der Waals surface area contributed by atoms with Crippen LogP contribution in [0.3, 0.4) is 0 Å². The third kappa shape index (κ3) is 5.75. The first-order valence-electron chi connectivity index (χ1n) is 12.1. The van der Waals surface area contributed by atoms with Gasteiger partial charge in [0.25, 0.3) is 5.91 Å². The molecular formula is C30H32N4O. The van der Waals surface area contributed by atoms with E-state index in [0.29, 0.717) is 13.1 Å². The minimum atomic E-state index is 0.0781. The average molecular weight is 465 g/mol. The van der Waals surface area contributed by atoms with E-state index in [4.69, 9.17) is 0 Å². The van der Waals surface area contributed by atoms with Gasteiger partial charge in [0.2, 0.25) is 0 Å². The highest BCUT2D eigenvalue weighted by Gasteiger charge is 2.23. The number of allylic oxidation sites excluding steroid dienone is 4. The van der Waals surface area contributed by atoms with Crippen molar-refractivity contribution in [1.82, 2.24) is 19.8 Å². The molecule has 3 aromatic rings. The maximum absolute atomic E-state index is 13.1. The Hall–Kier alpha value is -3.99. The molecule has 0 atom stereocenters. The lowest BCUT2D eigenvalue weighted by Gasteiger charge is -2.37. The normalized spacial score (nSPS) is 14.4. The van der Waals surface area contributed by atoms with Crippen molar-refractivity contribution in [2.45, 2.75) is 20.3 Å². The van der Waals surface area contributed by atoms with Crippen molar-refractivity contribution in [2.24, 2.45) is 0 Å². The van der Waals surface area contributed by atoms with Gasteiger partial charge in [0.15, 0.2) is 0 Å². The fourth-order valence-corrected chi connectivity index (χ4v) is 4.18. The van der Waals surface area contributed by atoms with Crippen molar-refractivity contribution in [3.8, 4) is 11.4 Å². The molecule has 178 valence electrons. The highest BCUT2D eigenvalue weighted by Crippen LogP contribution is 2.22. The lowest BCUT2D eigenvalue weighted by Crippen LogP contribution is -2.47. The van der Waals surface area contributed by atoms with Gasteiger partial charge in [-0.3, -0.25) is 14.8 Å². The topological polar surface area (TPSA) is 49.3 Å². The van der Waals surface area contributed by atoms with Crippen molar-refractivity contribution in [3.63, 3.8) is 0 Å². The standard InChI is InChI=1S/C30H32N4O/c1-4-6-9-24(5-2)25-11-13-26(14-12-25)30(35)34-20-18-33(19-21-34)23(3)27-15-16-29(32-22-27)28-10-7-8-17-31-28/h5-17,22H,3-4,18-21H2,1-2H3/b9-6-,24-5+. The third-order valence-electron chi connectivity index (χ3n) is 6.28. The van der Waals surface area contributed by atoms with E-state index >= 15 is 0 Å². The zero-order valence-corrected chi connectivity index (χ0v) is 20.5. The molecule has 35 heavy (non-hydrogen) atoms. The van der Waals surface area contributed by atoms with Crippen LogP contribution in [0.5, 0.6) is 0 Å². The molecule has 0 bridgehead atoms. The molecule has 4 rings (SSSR count). The number of hydrogen-bond donors (Lipinski definition) is 0. The first-order chi connectivity index (χ1) is 17.1. The van der Waals surface area contributed by atoms with Gasteiger partial charge >= 0.3 is 0 Å². The summed E-state index contributed by atoms with van der Waals surface area (Å²) in [6.45, 7) is 11.3. The van der Waals surface area contributed by atoms with E-state index in [2.05, 4.69) is 46.6 Å². The van der Waals surface area contributed by atoms with Gasteiger partial charge in [0, 0.05) is 55.4 Å². The number of aromatic nitrogens is 2. The quantitative estimate of drug-likeness (QED) is 0.406. The van der Waals surface area contributed by atoms with Crippen molar-refractivity contribution in [1.29, 1.82) is 0 Å². The number of piperazine rings is 1. The molecule has 0 saturated carbocycles. The highest BCUT2D eigenvalue weighted by atomic mass is 16.2. The molecule has 3 heterocycles. The zero-order valence-electron chi connectivity index (χ0n) is 20.5. The fourth-order valence-electron chi connectivity index (χ4n) is 4.18. The summed E-state index contributed by atoms with van der Waals surface area (Å²) in [5, 5.41) is 0. The van der Waals surface area contributed by atoms with Crippen LogP contribution in [0.25, 0.3) is 22.7 Å². The van der Waals surface area contributed by atoms with E-state index in [1.165, 1.54) is 5.57 Å². The van der Waals surface area contributed by atoms with Crippen LogP contribution in [0.2, 0.25) is 0 Å². The van der Waals surface area contributed by atoms with Gasteiger partial charge in [0.1, 0.15) is 0 Å². The van der Waals surface area contributed by atoms with Gasteiger partial charge in [-0.1, -0.05) is 49.9 Å². The number of rotatable bonds is 7. The van der Waals surface area contributed by atoms with Crippen LogP contribution < -0.4 is 0 Å². The number of benzene rings is 1. The second kappa shape index (κ2) is 11.4. The number of carbonyl (C=O) groups excluding carboxylic acids is 1. The molecule has 0 aliphatic carbocycles. The second-order valence-corrected chi connectivity index (χ2v) is 8.51. The smallest absolute Gasteiger partial charge is 0.253 e. The Morgan fingerprint density at radius 2 is 1.54 bits per heavy atom. The molecular weight excluding hydrogens is 432 g/mol. The maximum atomic E-state index is 13.1. The Labute approximate surface area is 208 Å². The van der Waals surface area contributed by atoms with E-state index in [1.54, 1.807) is 6.20 Å². The molecule has 1 saturated heterocycles. The van der Waals surface area contributed by atoms with Crippen LogP contribution in [-0.2, 0) is 0 Å². The summed E-state index contributed by atoms with van der Waals surface area (Å²) in [6, 6.07) is 17.7. The number of carbonyl (C=O) groups is 1. The molecule has 1 amide bonds. The summed E-state index contributed by atoms with van der Waals surface area (Å²) in [5.74, 6) is 0.0781. The van der Waals surface area contributed by atoms with Crippen molar-refractivity contribution in [3.05, 3.63) is 108 Å². The first-order valence-corrected chi connectivity index (χ1v) is 12.1. The monoisotopic (exact) mass is 464 g/mol. The van der Waals surface area contributed by atoms with Crippen LogP contribution in [0.15, 0.2) is 91.8 Å². The van der Waals surface area contributed by atoms with E-state index in [-0.39, 0.29) is 5.91 Å². The summed E-state index contributed by atoms with van der Waals surface area (Å²) in [5.41, 5.74) is 6.62. The highest BCUT2D eigenvalue weighted by molar-refractivity contribution is 5.94. The lowest BCUT2D eigenvalue weighted by molar-refractivity contribution is 0.0686. The predicted octanol–water partition coefficient (Wildman–Crippen LogP) is 5.94. The Bertz CT molecular complexity index is 1200. The minimum absolute atomic E-state index is 0.0781. The van der Waals surface area contributed by atoms with Gasteiger partial charge in [-0.15, -0.1) is 0 Å². The Morgan fingerprint density at radius 1 is 0.886 bits per heavy atom. The summed E-state index contributed by atoms with van der Waals surface area (Å²) in [6.07, 6.45) is 11.0. The molecule has 0 radical (unpaired) electrons. The molecule has 5 heteroatoms. The summed E-state index contributed by atoms with van der Waals surface area (Å²) in [4.78, 5) is 26.2. The summed E-state index contributed by atoms with van der Waals surface area (Å²) in [7, 11) is 0. The molecule has 0 spiro atoms. The number of hydrogen-bond acceptors (Lipinski definition) is 4. The van der Waals surface area contributed by atoms with Gasteiger partial charge in [-0.25, -0.2) is 0 Å². The molecule has 5 nitrogen and oxygen atoms in total. The lowest BCUT2D eigenvalue weighted by atomic mass is 10.0. The Balaban J connectivity index is 1.34. The molecule has 0 N–H and O–H groups in total. The first kappa shape index (κ1) is 24.1. The SMILES string of the molecule is C=C(c1ccc(-c2ccccn2)nc1)N1CCN(C(=O)c2ccc(C(/C=C\CC)=C/C)cc2)CC1. The van der Waals surface area contributed by atoms with Gasteiger partial charge in [0.05, 0.1) is 11.4 Å². The molecule has 1 aliphatic rings. The van der Waals surface area contributed by atoms with E-state index < -0.39 is 0 Å². The van der Waals surface area contributed by atoms with Gasteiger partial charge in [-0.2, -0.15) is 0 Å². The van der Waals surface area contributed by atoms with E-state index in [9.17, 15) is 4.79 Å². The van der Waals surface area contributed by atoms with E-state index in [1.807, 2.05) is 72.6 Å². The van der Waals surface area contributed by atoms with Crippen LogP contribution in [0.1, 0.15) is 41.8 Å². The Morgan fingerprint density at radius 3 is 2.14 bits per heavy atom. The second-order valence-electron chi connectivity index (χ2n) is 8.51. The number of pyridine rings is 2. The largest absolute Gasteiger partial charge is 0.368 e. The van der Waals surface area contributed by atoms with E-state index in [0.717, 1.165) is 53.3 Å². The third-order valence-corrected chi connectivity index (χ3v) is 6.28. The van der Waals surface area contributed by atoms with Crippen molar-refractivity contribution in [2.75, 3.05) is 26.2 Å². The van der Waals surface area contributed by atoms with Crippen LogP contribution in [-0.4, -0.2) is 51.9 Å². The van der Waals surface area contributed by atoms with Crippen LogP contribution in [0.4, 0.5) is 0 Å². The molecule has 1 aliphatic heterocycles.